The molecule has 2 heteroatoms. The summed E-state index contributed by atoms with van der Waals surface area (Å²) in [5.74, 6) is 0. The van der Waals surface area contributed by atoms with Crippen LogP contribution < -0.4 is 0 Å². The van der Waals surface area contributed by atoms with Gasteiger partial charge in [0.1, 0.15) is 0 Å². The van der Waals surface area contributed by atoms with Crippen molar-refractivity contribution in [2.45, 2.75) is 16.9 Å². The predicted molar refractivity (Wildman–Crippen MR) is 27.7 cm³/mol. The summed E-state index contributed by atoms with van der Waals surface area (Å²) in [5, 5.41) is 0. The van der Waals surface area contributed by atoms with Gasteiger partial charge in [-0.1, -0.05) is 12.8 Å². The maximum Gasteiger partial charge on any atom is 0.471 e. The van der Waals surface area contributed by atoms with Gasteiger partial charge in [0.15, 0.2) is 0 Å². The van der Waals surface area contributed by atoms with E-state index in [4.69, 9.17) is 0 Å². The molecule has 1 fully saturated rings. The second kappa shape index (κ2) is 1.80. The topological polar surface area (TPSA) is 0 Å². The Hall–Kier alpha value is 1.25. The van der Waals surface area contributed by atoms with E-state index in [-0.39, 0.29) is 18.2 Å². The lowest BCUT2D eigenvalue weighted by Crippen LogP contribution is -1.65. The molecule has 0 aromatic carbocycles. The van der Waals surface area contributed by atoms with Crippen LogP contribution >= 0.6 is 12.9 Å². The van der Waals surface area contributed by atoms with E-state index in [1.165, 1.54) is 16.9 Å². The third-order valence-electron chi connectivity index (χ3n) is 0.915. The van der Waals surface area contributed by atoms with E-state index in [0.29, 0.717) is 0 Å². The van der Waals surface area contributed by atoms with Gasteiger partial charge in [0.2, 0.25) is 0 Å². The van der Waals surface area contributed by atoms with Crippen LogP contribution in [0.3, 0.4) is 0 Å². The molecule has 1 saturated carbocycles. The molecule has 0 N–H and O–H groups in total. The molecule has 0 aromatic rings. The van der Waals surface area contributed by atoms with Crippen LogP contribution in [0.25, 0.3) is 0 Å². The molecule has 0 bridgehead atoms. The summed E-state index contributed by atoms with van der Waals surface area (Å²) in [4.78, 5) is 0. The van der Waals surface area contributed by atoms with Gasteiger partial charge in [0.25, 0.3) is 0 Å². The molecule has 1 aliphatic rings. The van der Waals surface area contributed by atoms with Crippen LogP contribution in [0.5, 0.6) is 0 Å². The highest BCUT2D eigenvalue weighted by atomic mass is 79.9. The highest BCUT2D eigenvalue weighted by Gasteiger charge is 2.20. The van der Waals surface area contributed by atoms with E-state index in [9.17, 15) is 0 Å². The van der Waals surface area contributed by atoms with Crippen molar-refractivity contribution in [3.63, 3.8) is 0 Å². The molecule has 0 saturated heterocycles. The molecule has 0 unspecified atom stereocenters. The van der Waals surface area contributed by atoms with Gasteiger partial charge in [0.05, 0.1) is 0 Å². The van der Waals surface area contributed by atoms with Gasteiger partial charge in [-0.25, -0.2) is 0 Å². The van der Waals surface area contributed by atoms with Crippen LogP contribution in [0, 0.1) is 0 Å². The average molecular weight is 122 g/mol. The van der Waals surface area contributed by atoms with Crippen molar-refractivity contribution in [3.05, 3.63) is 0 Å². The first kappa shape index (κ1) is 4.41. The Morgan fingerprint density at radius 1 is 1.60 bits per heavy atom. The summed E-state index contributed by atoms with van der Waals surface area (Å²) in [7, 11) is 0. The Bertz CT molecular complexity index is 33.9. The molecule has 0 aromatic heterocycles. The molecule has 5 heavy (non-hydrogen) atoms. The largest absolute Gasteiger partial charge is 0.471 e. The van der Waals surface area contributed by atoms with Crippen molar-refractivity contribution in [2.75, 3.05) is 0 Å². The lowest BCUT2D eigenvalue weighted by Gasteiger charge is -1.64. The zero-order valence-electron chi connectivity index (χ0n) is 3.08. The standard InChI is InChI=1S/C3H5.BrH.Mg/c1-2-3-1;;/h1H,2-3H2;1H;/q;;+1/p-1/i;;1-23. The minimum atomic E-state index is 0.272. The van der Waals surface area contributed by atoms with Crippen molar-refractivity contribution in [2.24, 2.45) is 0 Å². The van der Waals surface area contributed by atoms with Crippen LogP contribution in [0.1, 0.15) is 12.8 Å². The molecule has 1 aliphatic carbocycles. The van der Waals surface area contributed by atoms with Gasteiger partial charge < -0.3 is 12.9 Å². The maximum atomic E-state index is 3.52. The van der Waals surface area contributed by atoms with Crippen LogP contribution in [-0.4, -0.2) is 18.2 Å². The lowest BCUT2D eigenvalue weighted by molar-refractivity contribution is 1.47. The zero-order chi connectivity index (χ0) is 3.70. The average Bonchev–Trinajstić information content (AvgIpc) is 2.12. The summed E-state index contributed by atoms with van der Waals surface area (Å²) < 4.78 is 1.19. The molecule has 0 radical (unpaired) electrons. The van der Waals surface area contributed by atoms with Crippen molar-refractivity contribution >= 4 is 31.1 Å². The summed E-state index contributed by atoms with van der Waals surface area (Å²) in [5.41, 5.74) is 0. The van der Waals surface area contributed by atoms with Gasteiger partial charge in [-0.05, 0) is 0 Å². The van der Waals surface area contributed by atoms with Crippen molar-refractivity contribution in [1.82, 2.24) is 0 Å². The first-order valence-electron chi connectivity index (χ1n) is 1.99. The molecule has 0 amide bonds. The van der Waals surface area contributed by atoms with Gasteiger partial charge in [-0.15, -0.1) is 4.05 Å². The quantitative estimate of drug-likeness (QED) is 0.463. The van der Waals surface area contributed by atoms with Gasteiger partial charge in [-0.3, -0.25) is 0 Å². The molecule has 0 aliphatic heterocycles. The monoisotopic (exact) mass is 121 g/mol. The molecule has 26 valence electrons. The third kappa shape index (κ3) is 1.42. The van der Waals surface area contributed by atoms with E-state index >= 15 is 0 Å². The number of hydrogen-bond donors (Lipinski definition) is 0. The van der Waals surface area contributed by atoms with Gasteiger partial charge in [0, 0.05) is 0 Å². The number of rotatable bonds is 1. The van der Waals surface area contributed by atoms with Crippen molar-refractivity contribution in [3.8, 4) is 0 Å². The molecule has 0 heterocycles. The van der Waals surface area contributed by atoms with Crippen LogP contribution in [0.2, 0.25) is 4.05 Å². The Labute approximate surface area is 47.9 Å². The molecular formula is C3H5BrMg. The lowest BCUT2D eigenvalue weighted by atomic mass is 0.896. The highest BCUT2D eigenvalue weighted by molar-refractivity contribution is 9.23. The van der Waals surface area contributed by atoms with Crippen LogP contribution in [0.15, 0.2) is 0 Å². The Balaban J connectivity index is 2.00. The minimum Gasteiger partial charge on any atom is -0.306 e. The third-order valence-corrected chi connectivity index (χ3v) is 4.92. The molecular weight excluding hydrogens is 117 g/mol. The molecule has 0 spiro atoms. The van der Waals surface area contributed by atoms with Gasteiger partial charge in [-0.2, -0.15) is 0 Å². The summed E-state index contributed by atoms with van der Waals surface area (Å²) in [6, 6.07) is 0. The summed E-state index contributed by atoms with van der Waals surface area (Å²) >= 11 is 3.79. The van der Waals surface area contributed by atoms with Gasteiger partial charge >= 0.3 is 18.2 Å². The van der Waals surface area contributed by atoms with E-state index in [1.54, 1.807) is 0 Å². The first-order valence-corrected chi connectivity index (χ1v) is 6.71. The zero-order valence-corrected chi connectivity index (χ0v) is 6.08. The SMILES string of the molecule is [Br][1Mg][CH]1CC1. The van der Waals surface area contributed by atoms with E-state index in [1.807, 2.05) is 0 Å². The summed E-state index contributed by atoms with van der Waals surface area (Å²) in [6.45, 7) is 0. The normalized spacial score (nSPS) is 21.8. The maximum absolute atomic E-state index is 3.52. The van der Waals surface area contributed by atoms with E-state index in [0.717, 1.165) is 0 Å². The van der Waals surface area contributed by atoms with Crippen LogP contribution in [0.4, 0.5) is 0 Å². The molecule has 0 atom stereocenters. The van der Waals surface area contributed by atoms with Crippen LogP contribution in [-0.2, 0) is 0 Å². The Morgan fingerprint density at radius 2 is 2.20 bits per heavy atom. The van der Waals surface area contributed by atoms with Crippen molar-refractivity contribution in [1.29, 1.82) is 0 Å². The second-order valence-corrected chi connectivity index (χ2v) is 5.00. The number of hydrogen-bond acceptors (Lipinski definition) is 0. The predicted octanol–water partition coefficient (Wildman–Crippen LogP) is 1.58. The molecule has 0 nitrogen and oxygen atoms in total. The second-order valence-electron chi connectivity index (χ2n) is 1.60. The van der Waals surface area contributed by atoms with E-state index in [2.05, 4.69) is 12.9 Å². The number of halogens is 1. The first-order chi connectivity index (χ1) is 2.43. The van der Waals surface area contributed by atoms with E-state index < -0.39 is 0 Å². The fourth-order valence-electron chi connectivity index (χ4n) is 0.272. The Morgan fingerprint density at radius 3 is 2.20 bits per heavy atom. The summed E-state index contributed by atoms with van der Waals surface area (Å²) in [6.07, 6.45) is 3.05. The highest BCUT2D eigenvalue weighted by Crippen LogP contribution is 2.35. The minimum absolute atomic E-state index is 0.272. The smallest absolute Gasteiger partial charge is 0.306 e. The van der Waals surface area contributed by atoms with Crippen molar-refractivity contribution < 1.29 is 0 Å². The Kier molecular flexibility index (Phi) is 1.59. The fourth-order valence-corrected chi connectivity index (χ4v) is 2.76. The fraction of sp³-hybridized carbons (Fsp3) is 1.00. The molecule has 1 rings (SSSR count).